The van der Waals surface area contributed by atoms with E-state index in [9.17, 15) is 4.79 Å². The van der Waals surface area contributed by atoms with Gasteiger partial charge in [-0.1, -0.05) is 39.0 Å². The van der Waals surface area contributed by atoms with Crippen LogP contribution in [0.1, 0.15) is 37.8 Å². The molecule has 124 valence electrons. The van der Waals surface area contributed by atoms with Crippen LogP contribution in [0.2, 0.25) is 0 Å². The molecule has 4 rings (SSSR count). The number of carbonyl (C=O) groups is 1. The highest BCUT2D eigenvalue weighted by atomic mass is 16.5. The third-order valence-corrected chi connectivity index (χ3v) is 4.80. The van der Waals surface area contributed by atoms with Gasteiger partial charge in [-0.2, -0.15) is 0 Å². The number of hydrogen-bond donors (Lipinski definition) is 1. The summed E-state index contributed by atoms with van der Waals surface area (Å²) >= 11 is 0. The summed E-state index contributed by atoms with van der Waals surface area (Å²) in [5, 5.41) is 9.11. The Labute approximate surface area is 141 Å². The molecule has 1 aliphatic carbocycles. The molecule has 2 aliphatic rings. The van der Waals surface area contributed by atoms with Crippen LogP contribution in [0.25, 0.3) is 0 Å². The fraction of sp³-hybridized carbons (Fsp3) is 0.350. The Morgan fingerprint density at radius 2 is 1.75 bits per heavy atom. The van der Waals surface area contributed by atoms with Gasteiger partial charge in [0.15, 0.2) is 0 Å². The summed E-state index contributed by atoms with van der Waals surface area (Å²) in [6, 6.07) is 13.7. The van der Waals surface area contributed by atoms with Crippen LogP contribution >= 0.6 is 0 Å². The van der Waals surface area contributed by atoms with Gasteiger partial charge in [-0.15, -0.1) is 0 Å². The molecular formula is C20H20O4. The van der Waals surface area contributed by atoms with E-state index in [0.717, 1.165) is 17.1 Å². The van der Waals surface area contributed by atoms with Crippen LogP contribution in [-0.4, -0.2) is 17.2 Å². The zero-order valence-corrected chi connectivity index (χ0v) is 13.9. The maximum atomic E-state index is 11.1. The van der Waals surface area contributed by atoms with Crippen molar-refractivity contribution in [3.63, 3.8) is 0 Å². The summed E-state index contributed by atoms with van der Waals surface area (Å²) in [5.41, 5.74) is 2.34. The Morgan fingerprint density at radius 3 is 2.38 bits per heavy atom. The van der Waals surface area contributed by atoms with Crippen LogP contribution < -0.4 is 9.47 Å². The van der Waals surface area contributed by atoms with Crippen LogP contribution in [0.5, 0.6) is 17.2 Å². The van der Waals surface area contributed by atoms with Crippen molar-refractivity contribution in [3.05, 3.63) is 53.6 Å². The second kappa shape index (κ2) is 5.00. The van der Waals surface area contributed by atoms with Gasteiger partial charge in [0.1, 0.15) is 29.3 Å². The number of fused-ring (bicyclic) bond motifs is 3. The predicted molar refractivity (Wildman–Crippen MR) is 89.9 cm³/mol. The standard InChI is InChI=1S/C20H20O4/c1-20(2,3)11-4-6-12(7-5-11)23-13-8-9-14-15(10-13)24-18-16(14)17(18)19(21)22/h4-10,16-18H,1-3H3,(H,21,22). The summed E-state index contributed by atoms with van der Waals surface area (Å²) in [6.07, 6.45) is -0.209. The summed E-state index contributed by atoms with van der Waals surface area (Å²) < 4.78 is 11.6. The van der Waals surface area contributed by atoms with Crippen LogP contribution in [0, 0.1) is 5.92 Å². The molecule has 3 unspecified atom stereocenters. The maximum Gasteiger partial charge on any atom is 0.311 e. The largest absolute Gasteiger partial charge is 0.488 e. The van der Waals surface area contributed by atoms with E-state index in [2.05, 4.69) is 32.9 Å². The minimum Gasteiger partial charge on any atom is -0.488 e. The third kappa shape index (κ3) is 2.42. The summed E-state index contributed by atoms with van der Waals surface area (Å²) in [5.74, 6) is 1.04. The van der Waals surface area contributed by atoms with E-state index in [1.165, 1.54) is 5.56 Å². The van der Waals surface area contributed by atoms with Crippen LogP contribution in [0.4, 0.5) is 0 Å². The highest BCUT2D eigenvalue weighted by Crippen LogP contribution is 2.58. The van der Waals surface area contributed by atoms with E-state index in [1.54, 1.807) is 0 Å². The SMILES string of the molecule is CC(C)(C)c1ccc(Oc2ccc3c(c2)OC2C(C(=O)O)C32)cc1. The number of benzene rings is 2. The average molecular weight is 324 g/mol. The van der Waals surface area contributed by atoms with Gasteiger partial charge < -0.3 is 14.6 Å². The highest BCUT2D eigenvalue weighted by Gasteiger charge is 2.63. The smallest absolute Gasteiger partial charge is 0.311 e. The van der Waals surface area contributed by atoms with Crippen LogP contribution in [0.3, 0.4) is 0 Å². The molecule has 0 radical (unpaired) electrons. The van der Waals surface area contributed by atoms with Crippen LogP contribution in [-0.2, 0) is 10.2 Å². The van der Waals surface area contributed by atoms with Crippen molar-refractivity contribution in [2.45, 2.75) is 38.2 Å². The highest BCUT2D eigenvalue weighted by molar-refractivity contribution is 5.79. The molecule has 3 atom stereocenters. The van der Waals surface area contributed by atoms with Gasteiger partial charge in [-0.25, -0.2) is 0 Å². The molecule has 1 N–H and O–H groups in total. The molecule has 0 spiro atoms. The van der Waals surface area contributed by atoms with E-state index >= 15 is 0 Å². The summed E-state index contributed by atoms with van der Waals surface area (Å²) in [4.78, 5) is 11.1. The lowest BCUT2D eigenvalue weighted by Gasteiger charge is -2.19. The number of aliphatic carboxylic acids is 1. The molecule has 0 bridgehead atoms. The molecule has 4 heteroatoms. The molecule has 1 saturated carbocycles. The van der Waals surface area contributed by atoms with Gasteiger partial charge in [-0.05, 0) is 29.2 Å². The topological polar surface area (TPSA) is 55.8 Å². The first kappa shape index (κ1) is 15.1. The second-order valence-corrected chi connectivity index (χ2v) is 7.55. The van der Waals surface area contributed by atoms with Crippen LogP contribution in [0.15, 0.2) is 42.5 Å². The lowest BCUT2D eigenvalue weighted by Crippen LogP contribution is -2.10. The summed E-state index contributed by atoms with van der Waals surface area (Å²) in [6.45, 7) is 6.53. The number of carboxylic acids is 1. The molecule has 0 saturated heterocycles. The molecule has 2 aromatic rings. The number of rotatable bonds is 3. The first-order valence-electron chi connectivity index (χ1n) is 8.16. The minimum absolute atomic E-state index is 0.00220. The molecule has 24 heavy (non-hydrogen) atoms. The predicted octanol–water partition coefficient (Wildman–Crippen LogP) is 4.34. The molecular weight excluding hydrogens is 304 g/mol. The zero-order valence-electron chi connectivity index (χ0n) is 13.9. The van der Waals surface area contributed by atoms with Crippen molar-refractivity contribution in [2.75, 3.05) is 0 Å². The third-order valence-electron chi connectivity index (χ3n) is 4.80. The summed E-state index contributed by atoms with van der Waals surface area (Å²) in [7, 11) is 0. The monoisotopic (exact) mass is 324 g/mol. The molecule has 0 amide bonds. The van der Waals surface area contributed by atoms with Crippen molar-refractivity contribution < 1.29 is 19.4 Å². The lowest BCUT2D eigenvalue weighted by atomic mass is 9.87. The Hall–Kier alpha value is -2.49. The zero-order chi connectivity index (χ0) is 17.1. The molecule has 4 nitrogen and oxygen atoms in total. The van der Waals surface area contributed by atoms with Gasteiger partial charge in [-0.3, -0.25) is 4.79 Å². The van der Waals surface area contributed by atoms with Gasteiger partial charge in [0.05, 0.1) is 0 Å². The van der Waals surface area contributed by atoms with Gasteiger partial charge >= 0.3 is 5.97 Å². The normalized spacial score (nSPS) is 23.9. The fourth-order valence-electron chi connectivity index (χ4n) is 3.36. The Balaban J connectivity index is 1.50. The molecule has 1 heterocycles. The number of hydrogen-bond acceptors (Lipinski definition) is 3. The molecule has 1 aliphatic heterocycles. The molecule has 0 aromatic heterocycles. The van der Waals surface area contributed by atoms with Crippen molar-refractivity contribution in [1.82, 2.24) is 0 Å². The van der Waals surface area contributed by atoms with Gasteiger partial charge in [0, 0.05) is 17.5 Å². The first-order chi connectivity index (χ1) is 11.3. The average Bonchev–Trinajstić information content (AvgIpc) is 3.10. The quantitative estimate of drug-likeness (QED) is 0.912. The van der Waals surface area contributed by atoms with Gasteiger partial charge in [0.25, 0.3) is 0 Å². The second-order valence-electron chi connectivity index (χ2n) is 7.55. The molecule has 1 fully saturated rings. The lowest BCUT2D eigenvalue weighted by molar-refractivity contribution is -0.139. The van der Waals surface area contributed by atoms with Crippen molar-refractivity contribution in [3.8, 4) is 17.2 Å². The van der Waals surface area contributed by atoms with E-state index < -0.39 is 11.9 Å². The first-order valence-corrected chi connectivity index (χ1v) is 8.16. The van der Waals surface area contributed by atoms with E-state index in [1.807, 2.05) is 30.3 Å². The van der Waals surface area contributed by atoms with Crippen molar-refractivity contribution in [2.24, 2.45) is 5.92 Å². The maximum absolute atomic E-state index is 11.1. The number of carboxylic acid groups (broad SMARTS) is 1. The van der Waals surface area contributed by atoms with Crippen molar-refractivity contribution in [1.29, 1.82) is 0 Å². The molecule has 2 aromatic carbocycles. The number of ether oxygens (including phenoxy) is 2. The Kier molecular flexibility index (Phi) is 3.14. The fourth-order valence-corrected chi connectivity index (χ4v) is 3.36. The van der Waals surface area contributed by atoms with E-state index in [-0.39, 0.29) is 17.4 Å². The van der Waals surface area contributed by atoms with E-state index in [0.29, 0.717) is 5.75 Å². The van der Waals surface area contributed by atoms with Gasteiger partial charge in [0.2, 0.25) is 0 Å². The van der Waals surface area contributed by atoms with E-state index in [4.69, 9.17) is 14.6 Å². The Morgan fingerprint density at radius 1 is 1.08 bits per heavy atom. The van der Waals surface area contributed by atoms with Crippen molar-refractivity contribution >= 4 is 5.97 Å². The minimum atomic E-state index is -0.782. The Bertz CT molecular complexity index is 801.